The zero-order valence-electron chi connectivity index (χ0n) is 8.22. The van der Waals surface area contributed by atoms with E-state index in [1.54, 1.807) is 0 Å². The molecule has 3 atom stereocenters. The molecule has 84 valence electrons. The van der Waals surface area contributed by atoms with Gasteiger partial charge < -0.3 is 10.8 Å². The molecule has 0 amide bonds. The van der Waals surface area contributed by atoms with E-state index in [0.717, 1.165) is 6.42 Å². The van der Waals surface area contributed by atoms with Crippen LogP contribution >= 0.6 is 11.8 Å². The van der Waals surface area contributed by atoms with Crippen LogP contribution in [-0.4, -0.2) is 48.2 Å². The van der Waals surface area contributed by atoms with E-state index in [1.807, 2.05) is 6.92 Å². The van der Waals surface area contributed by atoms with Crippen LogP contribution in [0, 0.1) is 0 Å². The Morgan fingerprint density at radius 3 is 2.64 bits per heavy atom. The number of aliphatic hydroxyl groups excluding tert-OH is 1. The van der Waals surface area contributed by atoms with Crippen molar-refractivity contribution in [3.8, 4) is 0 Å². The van der Waals surface area contributed by atoms with E-state index in [9.17, 15) is 13.5 Å². The van der Waals surface area contributed by atoms with Crippen LogP contribution < -0.4 is 5.73 Å². The molecule has 4 nitrogen and oxygen atoms in total. The average molecular weight is 239 g/mol. The Morgan fingerprint density at radius 1 is 1.57 bits per heavy atom. The third kappa shape index (κ3) is 3.42. The monoisotopic (exact) mass is 239 g/mol. The molecule has 0 bridgehead atoms. The molecule has 6 heteroatoms. The van der Waals surface area contributed by atoms with Crippen molar-refractivity contribution in [3.05, 3.63) is 0 Å². The molecule has 0 aromatic rings. The second-order valence-electron chi connectivity index (χ2n) is 3.71. The van der Waals surface area contributed by atoms with Gasteiger partial charge >= 0.3 is 0 Å². The van der Waals surface area contributed by atoms with Crippen molar-refractivity contribution in [2.75, 3.05) is 18.1 Å². The molecule has 3 unspecified atom stereocenters. The summed E-state index contributed by atoms with van der Waals surface area (Å²) >= 11 is 1.53. The summed E-state index contributed by atoms with van der Waals surface area (Å²) in [5.74, 6) is 0.0216. The normalized spacial score (nSPS) is 33.1. The van der Waals surface area contributed by atoms with Gasteiger partial charge in [-0.1, -0.05) is 6.92 Å². The lowest BCUT2D eigenvalue weighted by molar-refractivity contribution is 0.207. The van der Waals surface area contributed by atoms with Crippen LogP contribution in [-0.2, 0) is 9.84 Å². The van der Waals surface area contributed by atoms with Crippen LogP contribution in [0.1, 0.15) is 13.3 Å². The molecule has 0 radical (unpaired) electrons. The SMILES string of the molecule is CC(CCN)SC1CS(=O)(=O)CC1O. The fourth-order valence-electron chi connectivity index (χ4n) is 1.53. The number of aliphatic hydroxyl groups is 1. The number of sulfone groups is 1. The van der Waals surface area contributed by atoms with Crippen molar-refractivity contribution in [3.63, 3.8) is 0 Å². The van der Waals surface area contributed by atoms with Gasteiger partial charge in [0.25, 0.3) is 0 Å². The lowest BCUT2D eigenvalue weighted by Crippen LogP contribution is -2.23. The summed E-state index contributed by atoms with van der Waals surface area (Å²) in [6, 6.07) is 0. The van der Waals surface area contributed by atoms with Gasteiger partial charge in [-0.3, -0.25) is 0 Å². The summed E-state index contributed by atoms with van der Waals surface area (Å²) in [7, 11) is -3.01. The standard InChI is InChI=1S/C8H17NO3S2/c1-6(2-3-9)13-8-5-14(11,12)4-7(8)10/h6-8,10H,2-5,9H2,1H3. The van der Waals surface area contributed by atoms with Gasteiger partial charge in [-0.05, 0) is 13.0 Å². The summed E-state index contributed by atoms with van der Waals surface area (Å²) in [4.78, 5) is 0. The van der Waals surface area contributed by atoms with Gasteiger partial charge in [0.15, 0.2) is 9.84 Å². The predicted octanol–water partition coefficient (Wildman–Crippen LogP) is -0.385. The number of rotatable bonds is 4. The van der Waals surface area contributed by atoms with Gasteiger partial charge in [0.2, 0.25) is 0 Å². The minimum absolute atomic E-state index is 0.0833. The lowest BCUT2D eigenvalue weighted by Gasteiger charge is -2.17. The van der Waals surface area contributed by atoms with Crippen LogP contribution in [0.25, 0.3) is 0 Å². The predicted molar refractivity (Wildman–Crippen MR) is 59.2 cm³/mol. The highest BCUT2D eigenvalue weighted by atomic mass is 32.2. The van der Waals surface area contributed by atoms with Gasteiger partial charge in [0.1, 0.15) is 0 Å². The van der Waals surface area contributed by atoms with Crippen LogP contribution in [0.2, 0.25) is 0 Å². The van der Waals surface area contributed by atoms with E-state index in [1.165, 1.54) is 11.8 Å². The largest absolute Gasteiger partial charge is 0.391 e. The molecule has 0 spiro atoms. The highest BCUT2D eigenvalue weighted by Gasteiger charge is 2.37. The summed E-state index contributed by atoms with van der Waals surface area (Å²) in [6.45, 7) is 2.61. The van der Waals surface area contributed by atoms with E-state index in [-0.39, 0.29) is 16.8 Å². The molecule has 1 heterocycles. The van der Waals surface area contributed by atoms with Gasteiger partial charge in [0.05, 0.1) is 17.6 Å². The second-order valence-corrected chi connectivity index (χ2v) is 7.54. The Bertz CT molecular complexity index is 278. The average Bonchev–Trinajstić information content (AvgIpc) is 2.25. The van der Waals surface area contributed by atoms with Crippen LogP contribution in [0.5, 0.6) is 0 Å². The first-order valence-corrected chi connectivity index (χ1v) is 7.45. The van der Waals surface area contributed by atoms with E-state index in [0.29, 0.717) is 11.8 Å². The molecule has 0 saturated carbocycles. The topological polar surface area (TPSA) is 80.4 Å². The Balaban J connectivity index is 2.46. The second kappa shape index (κ2) is 4.83. The molecule has 14 heavy (non-hydrogen) atoms. The summed E-state index contributed by atoms with van der Waals surface area (Å²) in [5.41, 5.74) is 5.40. The van der Waals surface area contributed by atoms with E-state index in [4.69, 9.17) is 5.73 Å². The Kier molecular flexibility index (Phi) is 4.24. The molecule has 0 aromatic heterocycles. The Labute approximate surface area is 89.2 Å². The summed E-state index contributed by atoms with van der Waals surface area (Å²) in [6.07, 6.45) is 0.152. The highest BCUT2D eigenvalue weighted by molar-refractivity contribution is 8.02. The fourth-order valence-corrected chi connectivity index (χ4v) is 5.34. The Hall–Kier alpha value is 0.220. The smallest absolute Gasteiger partial charge is 0.154 e. The third-order valence-electron chi connectivity index (χ3n) is 2.25. The number of thioether (sulfide) groups is 1. The van der Waals surface area contributed by atoms with Crippen molar-refractivity contribution in [2.24, 2.45) is 5.73 Å². The van der Waals surface area contributed by atoms with Gasteiger partial charge in [-0.25, -0.2) is 8.42 Å². The molecule has 1 rings (SSSR count). The molecule has 1 fully saturated rings. The van der Waals surface area contributed by atoms with Crippen LogP contribution in [0.3, 0.4) is 0 Å². The van der Waals surface area contributed by atoms with E-state index in [2.05, 4.69) is 0 Å². The third-order valence-corrected chi connectivity index (χ3v) is 5.71. The Morgan fingerprint density at radius 2 is 2.21 bits per heavy atom. The summed E-state index contributed by atoms with van der Waals surface area (Å²) in [5, 5.41) is 9.66. The van der Waals surface area contributed by atoms with Crippen molar-refractivity contribution in [2.45, 2.75) is 29.9 Å². The summed E-state index contributed by atoms with van der Waals surface area (Å²) < 4.78 is 22.4. The lowest BCUT2D eigenvalue weighted by atomic mass is 10.3. The first-order valence-electron chi connectivity index (χ1n) is 4.68. The van der Waals surface area contributed by atoms with E-state index < -0.39 is 15.9 Å². The molecule has 0 aromatic carbocycles. The van der Waals surface area contributed by atoms with Crippen molar-refractivity contribution in [1.29, 1.82) is 0 Å². The van der Waals surface area contributed by atoms with Crippen LogP contribution in [0.4, 0.5) is 0 Å². The molecule has 0 aliphatic carbocycles. The minimum Gasteiger partial charge on any atom is -0.391 e. The van der Waals surface area contributed by atoms with Gasteiger partial charge in [-0.15, -0.1) is 0 Å². The molecule has 1 aliphatic heterocycles. The quantitative estimate of drug-likeness (QED) is 0.699. The van der Waals surface area contributed by atoms with Crippen molar-refractivity contribution >= 4 is 21.6 Å². The minimum atomic E-state index is -3.01. The number of hydrogen-bond acceptors (Lipinski definition) is 5. The zero-order valence-corrected chi connectivity index (χ0v) is 9.85. The number of hydrogen-bond donors (Lipinski definition) is 2. The zero-order chi connectivity index (χ0) is 10.8. The first kappa shape index (κ1) is 12.3. The molecule has 1 saturated heterocycles. The maximum Gasteiger partial charge on any atom is 0.154 e. The molecule has 1 aliphatic rings. The molecule has 3 N–H and O–H groups in total. The van der Waals surface area contributed by atoms with Crippen LogP contribution in [0.15, 0.2) is 0 Å². The highest BCUT2D eigenvalue weighted by Crippen LogP contribution is 2.29. The molecular formula is C8H17NO3S2. The van der Waals surface area contributed by atoms with Crippen molar-refractivity contribution < 1.29 is 13.5 Å². The fraction of sp³-hybridized carbons (Fsp3) is 1.00. The maximum absolute atomic E-state index is 11.2. The molecular weight excluding hydrogens is 222 g/mol. The van der Waals surface area contributed by atoms with Gasteiger partial charge in [-0.2, -0.15) is 11.8 Å². The maximum atomic E-state index is 11.2. The van der Waals surface area contributed by atoms with Gasteiger partial charge in [0, 0.05) is 10.5 Å². The first-order chi connectivity index (χ1) is 6.44. The van der Waals surface area contributed by atoms with E-state index >= 15 is 0 Å². The van der Waals surface area contributed by atoms with Crippen molar-refractivity contribution in [1.82, 2.24) is 0 Å². The number of nitrogens with two attached hydrogens (primary N) is 1.